The third-order valence-electron chi connectivity index (χ3n) is 6.03. The average Bonchev–Trinajstić information content (AvgIpc) is 3.56. The molecular formula is C31H24O3S. The molecule has 0 radical (unpaired) electrons. The van der Waals surface area contributed by atoms with Gasteiger partial charge in [-0.15, -0.1) is 11.3 Å². The van der Waals surface area contributed by atoms with Gasteiger partial charge in [0.25, 0.3) is 0 Å². The van der Waals surface area contributed by atoms with Crippen LogP contribution in [0.4, 0.5) is 0 Å². The molecule has 3 nitrogen and oxygen atoms in total. The monoisotopic (exact) mass is 476 g/mol. The van der Waals surface area contributed by atoms with Crippen LogP contribution in [-0.4, -0.2) is 11.6 Å². The Bertz CT molecular complexity index is 1380. The lowest BCUT2D eigenvalue weighted by molar-refractivity contribution is 0.101. The van der Waals surface area contributed by atoms with Gasteiger partial charge in [-0.05, 0) is 43.7 Å². The van der Waals surface area contributed by atoms with Gasteiger partial charge in [0.1, 0.15) is 5.76 Å². The van der Waals surface area contributed by atoms with E-state index in [1.807, 2.05) is 111 Å². The first-order chi connectivity index (χ1) is 17.0. The third kappa shape index (κ3) is 4.79. The topological polar surface area (TPSA) is 47.3 Å². The molecule has 0 saturated carbocycles. The van der Waals surface area contributed by atoms with Gasteiger partial charge in [-0.2, -0.15) is 0 Å². The van der Waals surface area contributed by atoms with E-state index in [-0.39, 0.29) is 17.5 Å². The molecular weight excluding hydrogens is 452 g/mol. The summed E-state index contributed by atoms with van der Waals surface area (Å²) in [5.74, 6) is 0.604. The van der Waals surface area contributed by atoms with Crippen molar-refractivity contribution in [2.45, 2.75) is 19.8 Å². The summed E-state index contributed by atoms with van der Waals surface area (Å²) in [5.41, 5.74) is 4.51. The van der Waals surface area contributed by atoms with Gasteiger partial charge in [0.05, 0.1) is 10.8 Å². The summed E-state index contributed by atoms with van der Waals surface area (Å²) in [6.45, 7) is 3.99. The van der Waals surface area contributed by atoms with Crippen molar-refractivity contribution in [1.82, 2.24) is 0 Å². The molecule has 0 aliphatic rings. The van der Waals surface area contributed by atoms with E-state index >= 15 is 0 Å². The molecule has 2 heterocycles. The van der Waals surface area contributed by atoms with E-state index in [0.29, 0.717) is 27.5 Å². The van der Waals surface area contributed by atoms with Gasteiger partial charge in [0.15, 0.2) is 5.76 Å². The Morgan fingerprint density at radius 2 is 1.26 bits per heavy atom. The quantitative estimate of drug-likeness (QED) is 0.227. The molecule has 35 heavy (non-hydrogen) atoms. The molecule has 2 aromatic heterocycles. The molecule has 0 saturated heterocycles. The van der Waals surface area contributed by atoms with Crippen molar-refractivity contribution in [2.75, 3.05) is 0 Å². The van der Waals surface area contributed by atoms with Crippen molar-refractivity contribution in [3.8, 4) is 0 Å². The lowest BCUT2D eigenvalue weighted by atomic mass is 9.95. The van der Waals surface area contributed by atoms with Crippen molar-refractivity contribution in [1.29, 1.82) is 0 Å². The van der Waals surface area contributed by atoms with Crippen LogP contribution in [0.25, 0.3) is 0 Å². The minimum Gasteiger partial charge on any atom is -0.457 e. The molecule has 0 N–H and O–H groups in total. The predicted molar refractivity (Wildman–Crippen MR) is 140 cm³/mol. The Labute approximate surface area is 208 Å². The van der Waals surface area contributed by atoms with Crippen LogP contribution < -0.4 is 0 Å². The molecule has 5 rings (SSSR count). The van der Waals surface area contributed by atoms with Crippen molar-refractivity contribution in [3.05, 3.63) is 152 Å². The van der Waals surface area contributed by atoms with E-state index < -0.39 is 0 Å². The number of aryl methyl sites for hydroxylation is 2. The van der Waals surface area contributed by atoms with Crippen LogP contribution in [-0.2, 0) is 0 Å². The Morgan fingerprint density at radius 3 is 1.89 bits per heavy atom. The SMILES string of the molecule is Cc1ccc(C(=O)c2ccc(C(c3ccccc3)c3ccc(C(=O)c4ccc(C)cc4)s3)o2)cc1. The molecule has 0 amide bonds. The molecule has 3 aromatic carbocycles. The van der Waals surface area contributed by atoms with Gasteiger partial charge in [-0.3, -0.25) is 9.59 Å². The van der Waals surface area contributed by atoms with Gasteiger partial charge in [0, 0.05) is 16.0 Å². The first-order valence-corrected chi connectivity index (χ1v) is 12.3. The van der Waals surface area contributed by atoms with Crippen LogP contribution >= 0.6 is 11.3 Å². The number of benzene rings is 3. The summed E-state index contributed by atoms with van der Waals surface area (Å²) in [6.07, 6.45) is 0. The van der Waals surface area contributed by atoms with Crippen LogP contribution in [0.15, 0.2) is 108 Å². The average molecular weight is 477 g/mol. The van der Waals surface area contributed by atoms with Crippen LogP contribution in [0.2, 0.25) is 0 Å². The van der Waals surface area contributed by atoms with E-state index in [1.165, 1.54) is 11.3 Å². The Hall–Kier alpha value is -4.02. The molecule has 1 unspecified atom stereocenters. The number of thiophene rings is 1. The molecule has 0 bridgehead atoms. The number of hydrogen-bond acceptors (Lipinski definition) is 4. The van der Waals surface area contributed by atoms with Crippen LogP contribution in [0.1, 0.15) is 64.6 Å². The Kier molecular flexibility index (Phi) is 6.30. The number of rotatable bonds is 7. The highest BCUT2D eigenvalue weighted by Gasteiger charge is 2.25. The van der Waals surface area contributed by atoms with Gasteiger partial charge in [0.2, 0.25) is 11.6 Å². The standard InChI is InChI=1S/C31H24O3S/c1-20-8-12-23(13-9-20)30(32)26-17-16-25(34-26)29(22-6-4-3-5-7-22)27-18-19-28(35-27)31(33)24-14-10-21(2)11-15-24/h3-19,29H,1-2H3. The highest BCUT2D eigenvalue weighted by Crippen LogP contribution is 2.37. The second-order valence-corrected chi connectivity index (χ2v) is 9.75. The van der Waals surface area contributed by atoms with Crippen molar-refractivity contribution >= 4 is 22.9 Å². The Morgan fingerprint density at radius 1 is 0.657 bits per heavy atom. The fraction of sp³-hybridized carbons (Fsp3) is 0.0968. The molecule has 172 valence electrons. The second-order valence-electron chi connectivity index (χ2n) is 8.64. The van der Waals surface area contributed by atoms with E-state index in [9.17, 15) is 9.59 Å². The first-order valence-electron chi connectivity index (χ1n) is 11.5. The second kappa shape index (κ2) is 9.69. The zero-order valence-electron chi connectivity index (χ0n) is 19.5. The smallest absolute Gasteiger partial charge is 0.228 e. The summed E-state index contributed by atoms with van der Waals surface area (Å²) in [7, 11) is 0. The van der Waals surface area contributed by atoms with Crippen LogP contribution in [0, 0.1) is 13.8 Å². The van der Waals surface area contributed by atoms with Gasteiger partial charge >= 0.3 is 0 Å². The van der Waals surface area contributed by atoms with E-state index in [2.05, 4.69) is 0 Å². The van der Waals surface area contributed by atoms with Gasteiger partial charge < -0.3 is 4.42 Å². The normalized spacial score (nSPS) is 11.8. The number of carbonyl (C=O) groups is 2. The maximum Gasteiger partial charge on any atom is 0.228 e. The number of ketones is 2. The fourth-order valence-corrected chi connectivity index (χ4v) is 5.18. The predicted octanol–water partition coefficient (Wildman–Crippen LogP) is 7.60. The molecule has 0 aliphatic carbocycles. The number of furan rings is 1. The maximum atomic E-state index is 13.1. The number of carbonyl (C=O) groups excluding carboxylic acids is 2. The summed E-state index contributed by atoms with van der Waals surface area (Å²) >= 11 is 1.46. The zero-order valence-corrected chi connectivity index (χ0v) is 20.3. The lowest BCUT2D eigenvalue weighted by Gasteiger charge is -2.13. The van der Waals surface area contributed by atoms with E-state index in [0.717, 1.165) is 21.6 Å². The molecule has 5 aromatic rings. The summed E-state index contributed by atoms with van der Waals surface area (Å²) in [4.78, 5) is 27.7. The van der Waals surface area contributed by atoms with Gasteiger partial charge in [-0.25, -0.2) is 0 Å². The molecule has 1 atom stereocenters. The minimum absolute atomic E-state index is 0.00254. The first kappa shape index (κ1) is 22.8. The highest BCUT2D eigenvalue weighted by molar-refractivity contribution is 7.14. The maximum absolute atomic E-state index is 13.1. The summed E-state index contributed by atoms with van der Waals surface area (Å²) in [6, 6.07) is 32.5. The minimum atomic E-state index is -0.222. The fourth-order valence-electron chi connectivity index (χ4n) is 4.07. The number of hydrogen-bond donors (Lipinski definition) is 0. The van der Waals surface area contributed by atoms with E-state index in [4.69, 9.17) is 4.42 Å². The third-order valence-corrected chi connectivity index (χ3v) is 7.18. The largest absolute Gasteiger partial charge is 0.457 e. The highest BCUT2D eigenvalue weighted by atomic mass is 32.1. The summed E-state index contributed by atoms with van der Waals surface area (Å²) in [5, 5.41) is 0. The molecule has 0 fully saturated rings. The zero-order chi connectivity index (χ0) is 24.4. The van der Waals surface area contributed by atoms with E-state index in [1.54, 1.807) is 6.07 Å². The van der Waals surface area contributed by atoms with Gasteiger partial charge in [-0.1, -0.05) is 90.0 Å². The Balaban J connectivity index is 1.49. The van der Waals surface area contributed by atoms with Crippen molar-refractivity contribution in [2.24, 2.45) is 0 Å². The van der Waals surface area contributed by atoms with Crippen LogP contribution in [0.3, 0.4) is 0 Å². The summed E-state index contributed by atoms with van der Waals surface area (Å²) < 4.78 is 6.14. The van der Waals surface area contributed by atoms with Crippen molar-refractivity contribution < 1.29 is 14.0 Å². The molecule has 0 aliphatic heterocycles. The van der Waals surface area contributed by atoms with Crippen LogP contribution in [0.5, 0.6) is 0 Å². The lowest BCUT2D eigenvalue weighted by Crippen LogP contribution is -2.02. The molecule has 4 heteroatoms. The van der Waals surface area contributed by atoms with Crippen molar-refractivity contribution in [3.63, 3.8) is 0 Å². The molecule has 0 spiro atoms.